The van der Waals surface area contributed by atoms with E-state index in [4.69, 9.17) is 14.2 Å². The summed E-state index contributed by atoms with van der Waals surface area (Å²) in [7, 11) is 1.70. The van der Waals surface area contributed by atoms with Crippen LogP contribution in [-0.2, 0) is 44.6 Å². The van der Waals surface area contributed by atoms with Crippen molar-refractivity contribution in [1.82, 2.24) is 9.80 Å². The van der Waals surface area contributed by atoms with Crippen LogP contribution in [0.5, 0.6) is 0 Å². The third-order valence-electron chi connectivity index (χ3n) is 5.72. The van der Waals surface area contributed by atoms with Gasteiger partial charge in [0.25, 0.3) is 5.91 Å². The lowest BCUT2D eigenvalue weighted by Crippen LogP contribution is -2.56. The van der Waals surface area contributed by atoms with Crippen molar-refractivity contribution in [3.63, 3.8) is 0 Å². The lowest BCUT2D eigenvalue weighted by atomic mass is 10.1. The van der Waals surface area contributed by atoms with Crippen molar-refractivity contribution in [2.24, 2.45) is 0 Å². The van der Waals surface area contributed by atoms with E-state index < -0.39 is 35.7 Å². The second-order valence-corrected chi connectivity index (χ2v) is 9.82. The summed E-state index contributed by atoms with van der Waals surface area (Å²) in [6.45, 7) is 7.42. The number of hydrogen-bond donors (Lipinski definition) is 0. The fourth-order valence-corrected chi connectivity index (χ4v) is 3.94. The van der Waals surface area contributed by atoms with Crippen molar-refractivity contribution in [2.75, 3.05) is 44.7 Å². The first-order valence-corrected chi connectivity index (χ1v) is 11.8. The second-order valence-electron chi connectivity index (χ2n) is 9.82. The van der Waals surface area contributed by atoms with Gasteiger partial charge in [-0.25, -0.2) is 4.79 Å². The fourth-order valence-electron chi connectivity index (χ4n) is 3.94. The summed E-state index contributed by atoms with van der Waals surface area (Å²) in [4.78, 5) is 67.0. The van der Waals surface area contributed by atoms with Crippen LogP contribution in [0.25, 0.3) is 0 Å². The number of hydrogen-bond acceptors (Lipinski definition) is 8. The van der Waals surface area contributed by atoms with Crippen LogP contribution in [0, 0.1) is 0 Å². The zero-order valence-electron chi connectivity index (χ0n) is 21.3. The number of esters is 2. The van der Waals surface area contributed by atoms with Crippen molar-refractivity contribution in [3.05, 3.63) is 29.8 Å². The number of ether oxygens (including phenoxy) is 3. The van der Waals surface area contributed by atoms with Gasteiger partial charge in [0.15, 0.2) is 6.10 Å². The highest BCUT2D eigenvalue weighted by Gasteiger charge is 2.44. The molecule has 196 valence electrons. The van der Waals surface area contributed by atoms with Crippen LogP contribution in [0.15, 0.2) is 24.3 Å². The summed E-state index contributed by atoms with van der Waals surface area (Å²) in [5, 5.41) is 0. The van der Waals surface area contributed by atoms with Gasteiger partial charge in [-0.2, -0.15) is 0 Å². The minimum Gasteiger partial charge on any atom is -0.457 e. The first kappa shape index (κ1) is 27.1. The Balaban J connectivity index is 1.75. The molecule has 2 aliphatic heterocycles. The van der Waals surface area contributed by atoms with Gasteiger partial charge < -0.3 is 28.9 Å². The van der Waals surface area contributed by atoms with E-state index in [9.17, 15) is 24.0 Å². The number of benzene rings is 1. The molecular formula is C25H33N3O8. The van der Waals surface area contributed by atoms with E-state index in [1.54, 1.807) is 57.0 Å². The topological polar surface area (TPSA) is 123 Å². The second kappa shape index (κ2) is 11.1. The van der Waals surface area contributed by atoms with E-state index in [2.05, 4.69) is 0 Å². The lowest BCUT2D eigenvalue weighted by Gasteiger charge is -2.35. The normalized spacial score (nSPS) is 19.7. The molecule has 2 saturated heterocycles. The molecule has 0 N–H and O–H groups in total. The van der Waals surface area contributed by atoms with Crippen LogP contribution in [0.3, 0.4) is 0 Å². The van der Waals surface area contributed by atoms with Crippen LogP contribution in [0.1, 0.15) is 33.3 Å². The van der Waals surface area contributed by atoms with Gasteiger partial charge in [0.1, 0.15) is 5.60 Å². The summed E-state index contributed by atoms with van der Waals surface area (Å²) in [5.74, 6) is -2.48. The molecule has 0 aliphatic carbocycles. The number of carbonyl (C=O) groups excluding carboxylic acids is 5. The first-order chi connectivity index (χ1) is 16.9. The molecule has 3 rings (SSSR count). The van der Waals surface area contributed by atoms with Gasteiger partial charge >= 0.3 is 11.9 Å². The minimum atomic E-state index is -1.56. The lowest BCUT2D eigenvalue weighted by molar-refractivity contribution is -0.188. The molecule has 0 radical (unpaired) electrons. The Hall–Kier alpha value is -3.47. The smallest absolute Gasteiger partial charge is 0.351 e. The zero-order chi connectivity index (χ0) is 26.6. The number of rotatable bonds is 6. The van der Waals surface area contributed by atoms with Crippen LogP contribution in [-0.4, -0.2) is 97.1 Å². The van der Waals surface area contributed by atoms with Gasteiger partial charge in [-0.05, 0) is 38.5 Å². The maximum Gasteiger partial charge on any atom is 0.351 e. The van der Waals surface area contributed by atoms with Crippen molar-refractivity contribution in [2.45, 2.75) is 51.9 Å². The third-order valence-corrected chi connectivity index (χ3v) is 5.72. The number of anilines is 1. The summed E-state index contributed by atoms with van der Waals surface area (Å²) in [6, 6.07) is 6.92. The maximum atomic E-state index is 13.4. The Kier molecular flexibility index (Phi) is 8.34. The van der Waals surface area contributed by atoms with E-state index in [0.29, 0.717) is 24.3 Å². The van der Waals surface area contributed by atoms with E-state index in [1.807, 2.05) is 0 Å². The minimum absolute atomic E-state index is 0.0425. The van der Waals surface area contributed by atoms with Crippen molar-refractivity contribution in [1.29, 1.82) is 0 Å². The van der Waals surface area contributed by atoms with Gasteiger partial charge in [0, 0.05) is 39.3 Å². The SMILES string of the molecule is CC(=O)OC(C(=O)OC(C)(C)C)C1OCCN(c2cccc(CC(=O)N3CCN(C)C(=O)C3)c2)C1=O. The Morgan fingerprint density at radius 3 is 2.50 bits per heavy atom. The van der Waals surface area contributed by atoms with Gasteiger partial charge in [0.2, 0.25) is 17.9 Å². The van der Waals surface area contributed by atoms with Crippen LogP contribution in [0.2, 0.25) is 0 Å². The molecule has 3 amide bonds. The Morgan fingerprint density at radius 2 is 1.86 bits per heavy atom. The number of nitrogens with zero attached hydrogens (tertiary/aromatic N) is 3. The standard InChI is InChI=1S/C25H33N3O8/c1-16(29)35-22(24(33)36-25(2,3)4)21-23(32)28(11-12-34-21)18-8-6-7-17(13-18)14-19(30)27-10-9-26(5)20(31)15-27/h6-8,13,21-22H,9-12,14-15H2,1-5H3. The van der Waals surface area contributed by atoms with Crippen LogP contribution < -0.4 is 4.90 Å². The molecule has 0 spiro atoms. The average molecular weight is 504 g/mol. The monoisotopic (exact) mass is 503 g/mol. The molecule has 36 heavy (non-hydrogen) atoms. The van der Waals surface area contributed by atoms with E-state index in [0.717, 1.165) is 6.92 Å². The molecule has 2 fully saturated rings. The zero-order valence-corrected chi connectivity index (χ0v) is 21.3. The third kappa shape index (κ3) is 6.81. The summed E-state index contributed by atoms with van der Waals surface area (Å²) >= 11 is 0. The largest absolute Gasteiger partial charge is 0.457 e. The molecule has 1 aromatic carbocycles. The first-order valence-electron chi connectivity index (χ1n) is 11.8. The predicted octanol–water partition coefficient (Wildman–Crippen LogP) is 0.535. The van der Waals surface area contributed by atoms with Crippen LogP contribution >= 0.6 is 0 Å². The summed E-state index contributed by atoms with van der Waals surface area (Å²) in [6.07, 6.45) is -2.86. The van der Waals surface area contributed by atoms with Gasteiger partial charge in [-0.15, -0.1) is 0 Å². The molecule has 0 saturated carbocycles. The van der Waals surface area contributed by atoms with E-state index in [1.165, 1.54) is 9.80 Å². The van der Waals surface area contributed by atoms with Gasteiger partial charge in [-0.3, -0.25) is 19.2 Å². The molecule has 2 atom stereocenters. The highest BCUT2D eigenvalue weighted by atomic mass is 16.6. The molecule has 2 aliphatic rings. The summed E-state index contributed by atoms with van der Waals surface area (Å²) < 4.78 is 16.1. The fraction of sp³-hybridized carbons (Fsp3) is 0.560. The molecule has 2 unspecified atom stereocenters. The Bertz CT molecular complexity index is 1030. The van der Waals surface area contributed by atoms with Crippen molar-refractivity contribution in [3.8, 4) is 0 Å². The molecule has 1 aromatic rings. The maximum absolute atomic E-state index is 13.4. The highest BCUT2D eigenvalue weighted by molar-refractivity contribution is 6.01. The Labute approximate surface area is 210 Å². The summed E-state index contributed by atoms with van der Waals surface area (Å²) in [5.41, 5.74) is 0.324. The molecule has 11 nitrogen and oxygen atoms in total. The highest BCUT2D eigenvalue weighted by Crippen LogP contribution is 2.24. The predicted molar refractivity (Wildman–Crippen MR) is 128 cm³/mol. The van der Waals surface area contributed by atoms with Crippen molar-refractivity contribution >= 4 is 35.3 Å². The Morgan fingerprint density at radius 1 is 1.14 bits per heavy atom. The van der Waals surface area contributed by atoms with Crippen LogP contribution in [0.4, 0.5) is 5.69 Å². The average Bonchev–Trinajstić information content (AvgIpc) is 2.78. The van der Waals surface area contributed by atoms with Gasteiger partial charge in [0.05, 0.1) is 19.6 Å². The molecule has 0 aromatic heterocycles. The number of likely N-dealkylation sites (N-methyl/N-ethyl adjacent to an activating group) is 1. The number of morpholine rings is 1. The number of carbonyl (C=O) groups is 5. The van der Waals surface area contributed by atoms with E-state index >= 15 is 0 Å². The van der Waals surface area contributed by atoms with Crippen molar-refractivity contribution < 1.29 is 38.2 Å². The number of amides is 3. The molecule has 2 heterocycles. The molecular weight excluding hydrogens is 470 g/mol. The van der Waals surface area contributed by atoms with Gasteiger partial charge in [-0.1, -0.05) is 12.1 Å². The van der Waals surface area contributed by atoms with E-state index in [-0.39, 0.29) is 37.9 Å². The molecule has 0 bridgehead atoms. The molecule has 11 heteroatoms. The number of piperazine rings is 1. The quantitative estimate of drug-likeness (QED) is 0.516.